The van der Waals surface area contributed by atoms with Crippen LogP contribution in [0.25, 0.3) is 0 Å². The van der Waals surface area contributed by atoms with E-state index in [4.69, 9.17) is 0 Å². The predicted octanol–water partition coefficient (Wildman–Crippen LogP) is 2.79. The van der Waals surface area contributed by atoms with Crippen molar-refractivity contribution in [3.63, 3.8) is 0 Å². The van der Waals surface area contributed by atoms with Gasteiger partial charge in [0.2, 0.25) is 0 Å². The molecule has 0 saturated carbocycles. The summed E-state index contributed by atoms with van der Waals surface area (Å²) in [5.74, 6) is 1.93. The van der Waals surface area contributed by atoms with Gasteiger partial charge >= 0.3 is 0 Å². The van der Waals surface area contributed by atoms with Gasteiger partial charge < -0.3 is 14.4 Å². The summed E-state index contributed by atoms with van der Waals surface area (Å²) in [6.45, 7) is 12.8. The standard InChI is InChI=1S/C22H34N6O/c1-6-19-15-27(12-13-28(19)17(3)4)22(29)18-8-9-20(24-14-18)26(7-2)16-21-23-10-11-25(21)5/h8-11,14,17,19H,6-7,12-13,15-16H2,1-5H3/t19-/m1/s1. The predicted molar refractivity (Wildman–Crippen MR) is 116 cm³/mol. The lowest BCUT2D eigenvalue weighted by Crippen LogP contribution is -2.56. The van der Waals surface area contributed by atoms with Crippen molar-refractivity contribution >= 4 is 11.7 Å². The SMILES string of the molecule is CC[C@@H]1CN(C(=O)c2ccc(N(CC)Cc3nccn3C)nc2)CCN1C(C)C. The smallest absolute Gasteiger partial charge is 0.255 e. The van der Waals surface area contributed by atoms with E-state index < -0.39 is 0 Å². The van der Waals surface area contributed by atoms with Gasteiger partial charge in [0.05, 0.1) is 12.1 Å². The van der Waals surface area contributed by atoms with Crippen LogP contribution in [0, 0.1) is 0 Å². The number of hydrogen-bond acceptors (Lipinski definition) is 5. The number of aryl methyl sites for hydroxylation is 1. The molecule has 7 nitrogen and oxygen atoms in total. The van der Waals surface area contributed by atoms with Gasteiger partial charge in [-0.15, -0.1) is 0 Å². The molecule has 3 heterocycles. The molecule has 1 atom stereocenters. The van der Waals surface area contributed by atoms with Gasteiger partial charge in [-0.1, -0.05) is 6.92 Å². The molecule has 29 heavy (non-hydrogen) atoms. The van der Waals surface area contributed by atoms with Crippen LogP contribution in [0.5, 0.6) is 0 Å². The number of pyridine rings is 1. The van der Waals surface area contributed by atoms with Gasteiger partial charge in [-0.2, -0.15) is 0 Å². The second-order valence-corrected chi connectivity index (χ2v) is 8.02. The maximum atomic E-state index is 13.0. The molecule has 0 aromatic carbocycles. The Kier molecular flexibility index (Phi) is 6.90. The molecule has 7 heteroatoms. The van der Waals surface area contributed by atoms with Crippen molar-refractivity contribution in [2.45, 2.75) is 52.7 Å². The van der Waals surface area contributed by atoms with Crippen molar-refractivity contribution < 1.29 is 4.79 Å². The Morgan fingerprint density at radius 1 is 1.24 bits per heavy atom. The van der Waals surface area contributed by atoms with E-state index in [0.29, 0.717) is 24.2 Å². The van der Waals surface area contributed by atoms with Crippen molar-refractivity contribution in [2.75, 3.05) is 31.1 Å². The van der Waals surface area contributed by atoms with Crippen LogP contribution in [0.1, 0.15) is 50.3 Å². The van der Waals surface area contributed by atoms with Crippen LogP contribution < -0.4 is 4.90 Å². The van der Waals surface area contributed by atoms with Crippen LogP contribution in [0.2, 0.25) is 0 Å². The van der Waals surface area contributed by atoms with Crippen molar-refractivity contribution in [3.8, 4) is 0 Å². The Hall–Kier alpha value is -2.41. The monoisotopic (exact) mass is 398 g/mol. The molecule has 1 fully saturated rings. The Morgan fingerprint density at radius 2 is 2.03 bits per heavy atom. The number of carbonyl (C=O) groups is 1. The normalized spacial score (nSPS) is 17.7. The van der Waals surface area contributed by atoms with E-state index in [-0.39, 0.29) is 5.91 Å². The summed E-state index contributed by atoms with van der Waals surface area (Å²) in [6.07, 6.45) is 6.52. The van der Waals surface area contributed by atoms with Gasteiger partial charge in [0.25, 0.3) is 5.91 Å². The van der Waals surface area contributed by atoms with Gasteiger partial charge in [0.15, 0.2) is 0 Å². The summed E-state index contributed by atoms with van der Waals surface area (Å²) in [5, 5.41) is 0. The van der Waals surface area contributed by atoms with Gasteiger partial charge in [-0.05, 0) is 39.3 Å². The molecule has 1 aliphatic heterocycles. The Balaban J connectivity index is 1.67. The molecule has 0 radical (unpaired) electrons. The minimum absolute atomic E-state index is 0.0815. The van der Waals surface area contributed by atoms with Gasteiger partial charge in [-0.25, -0.2) is 9.97 Å². The fourth-order valence-electron chi connectivity index (χ4n) is 4.05. The molecule has 0 bridgehead atoms. The van der Waals surface area contributed by atoms with E-state index in [1.165, 1.54) is 0 Å². The van der Waals surface area contributed by atoms with Crippen molar-refractivity contribution in [2.24, 2.45) is 7.05 Å². The minimum atomic E-state index is 0.0815. The number of piperazine rings is 1. The highest BCUT2D eigenvalue weighted by atomic mass is 16.2. The molecule has 0 N–H and O–H groups in total. The lowest BCUT2D eigenvalue weighted by Gasteiger charge is -2.43. The third-order valence-electron chi connectivity index (χ3n) is 5.90. The fraction of sp³-hybridized carbons (Fsp3) is 0.591. The van der Waals surface area contributed by atoms with E-state index in [1.54, 1.807) is 12.4 Å². The highest BCUT2D eigenvalue weighted by molar-refractivity contribution is 5.94. The first kappa shape index (κ1) is 21.3. The summed E-state index contributed by atoms with van der Waals surface area (Å²) < 4.78 is 2.02. The van der Waals surface area contributed by atoms with Gasteiger partial charge in [-0.3, -0.25) is 9.69 Å². The molecule has 0 spiro atoms. The number of carbonyl (C=O) groups excluding carboxylic acids is 1. The summed E-state index contributed by atoms with van der Waals surface area (Å²) >= 11 is 0. The molecule has 3 rings (SSSR count). The van der Waals surface area contributed by atoms with E-state index in [1.807, 2.05) is 34.8 Å². The molecule has 158 valence electrons. The molecule has 0 aliphatic carbocycles. The molecule has 1 aliphatic rings. The zero-order valence-electron chi connectivity index (χ0n) is 18.4. The summed E-state index contributed by atoms with van der Waals surface area (Å²) in [6, 6.07) is 4.79. The fourth-order valence-corrected chi connectivity index (χ4v) is 4.05. The minimum Gasteiger partial charge on any atom is -0.349 e. The molecule has 1 amide bonds. The summed E-state index contributed by atoms with van der Waals surface area (Å²) in [4.78, 5) is 28.7. The topological polar surface area (TPSA) is 57.5 Å². The van der Waals surface area contributed by atoms with Crippen molar-refractivity contribution in [1.29, 1.82) is 0 Å². The number of rotatable bonds is 7. The first-order valence-corrected chi connectivity index (χ1v) is 10.7. The number of nitrogens with zero attached hydrogens (tertiary/aromatic N) is 6. The van der Waals surface area contributed by atoms with Crippen LogP contribution in [0.3, 0.4) is 0 Å². The molecule has 0 unspecified atom stereocenters. The maximum Gasteiger partial charge on any atom is 0.255 e. The lowest BCUT2D eigenvalue weighted by molar-refractivity contribution is 0.0371. The second kappa shape index (κ2) is 9.39. The third kappa shape index (κ3) is 4.78. The van der Waals surface area contributed by atoms with E-state index in [9.17, 15) is 4.79 Å². The quantitative estimate of drug-likeness (QED) is 0.718. The number of anilines is 1. The molecular formula is C22H34N6O. The number of amides is 1. The van der Waals surface area contributed by atoms with Crippen LogP contribution >= 0.6 is 0 Å². The average Bonchev–Trinajstić information content (AvgIpc) is 3.15. The third-order valence-corrected chi connectivity index (χ3v) is 5.90. The van der Waals surface area contributed by atoms with E-state index in [0.717, 1.165) is 44.2 Å². The number of aromatic nitrogens is 3. The van der Waals surface area contributed by atoms with Crippen molar-refractivity contribution in [3.05, 3.63) is 42.1 Å². The van der Waals surface area contributed by atoms with E-state index >= 15 is 0 Å². The van der Waals surface area contributed by atoms with E-state index in [2.05, 4.69) is 47.5 Å². The average molecular weight is 399 g/mol. The summed E-state index contributed by atoms with van der Waals surface area (Å²) in [5.41, 5.74) is 0.662. The highest BCUT2D eigenvalue weighted by Gasteiger charge is 2.30. The van der Waals surface area contributed by atoms with Gasteiger partial charge in [0.1, 0.15) is 11.6 Å². The second-order valence-electron chi connectivity index (χ2n) is 8.02. The first-order valence-electron chi connectivity index (χ1n) is 10.7. The number of hydrogen-bond donors (Lipinski definition) is 0. The Morgan fingerprint density at radius 3 is 2.59 bits per heavy atom. The Bertz CT molecular complexity index is 800. The largest absolute Gasteiger partial charge is 0.349 e. The molecule has 1 saturated heterocycles. The van der Waals surface area contributed by atoms with Gasteiger partial charge in [0, 0.05) is 63.9 Å². The number of imidazole rings is 1. The zero-order valence-corrected chi connectivity index (χ0v) is 18.4. The first-order chi connectivity index (χ1) is 13.9. The maximum absolute atomic E-state index is 13.0. The van der Waals surface area contributed by atoms with Crippen LogP contribution in [0.15, 0.2) is 30.7 Å². The molecule has 2 aromatic rings. The zero-order chi connectivity index (χ0) is 21.0. The van der Waals surface area contributed by atoms with Crippen molar-refractivity contribution in [1.82, 2.24) is 24.3 Å². The van der Waals surface area contributed by atoms with Crippen LogP contribution in [0.4, 0.5) is 5.82 Å². The molecular weight excluding hydrogens is 364 g/mol. The summed E-state index contributed by atoms with van der Waals surface area (Å²) in [7, 11) is 1.99. The van der Waals surface area contributed by atoms with Crippen LogP contribution in [-0.4, -0.2) is 68.5 Å². The highest BCUT2D eigenvalue weighted by Crippen LogP contribution is 2.19. The van der Waals surface area contributed by atoms with Crippen LogP contribution in [-0.2, 0) is 13.6 Å². The lowest BCUT2D eigenvalue weighted by atomic mass is 10.1. The molecule has 2 aromatic heterocycles. The Labute approximate surface area is 174 Å².